The molecule has 0 unspecified atom stereocenters. The summed E-state index contributed by atoms with van der Waals surface area (Å²) in [6.07, 6.45) is 0. The minimum atomic E-state index is -2.95. The smallest absolute Gasteiger partial charge is 0.387 e. The average molecular weight is 278 g/mol. The van der Waals surface area contributed by atoms with Gasteiger partial charge in [0, 0.05) is 11.3 Å². The largest absolute Gasteiger partial charge is 0.433 e. The van der Waals surface area contributed by atoms with Crippen LogP contribution >= 0.6 is 0 Å². The minimum absolute atomic E-state index is 0.0914. The van der Waals surface area contributed by atoms with Crippen molar-refractivity contribution in [1.82, 2.24) is 0 Å². The van der Waals surface area contributed by atoms with Gasteiger partial charge < -0.3 is 15.8 Å². The van der Waals surface area contributed by atoms with E-state index >= 15 is 0 Å². The van der Waals surface area contributed by atoms with Crippen molar-refractivity contribution in [2.24, 2.45) is 0 Å². The van der Waals surface area contributed by atoms with Gasteiger partial charge in [-0.1, -0.05) is 12.1 Å². The van der Waals surface area contributed by atoms with Crippen molar-refractivity contribution >= 4 is 17.3 Å². The van der Waals surface area contributed by atoms with E-state index in [9.17, 15) is 13.6 Å². The minimum Gasteiger partial charge on any atom is -0.433 e. The molecule has 0 bridgehead atoms. The fraction of sp³-hybridized carbons (Fsp3) is 0.0714. The molecule has 0 heterocycles. The number of rotatable bonds is 4. The second-order valence-electron chi connectivity index (χ2n) is 3.95. The number of carbonyl (C=O) groups is 1. The predicted octanol–water partition coefficient (Wildman–Crippen LogP) is 3.12. The Kier molecular flexibility index (Phi) is 4.14. The molecule has 0 saturated carbocycles. The summed E-state index contributed by atoms with van der Waals surface area (Å²) in [6, 6.07) is 12.2. The van der Waals surface area contributed by atoms with E-state index in [1.54, 1.807) is 30.3 Å². The molecular weight excluding hydrogens is 266 g/mol. The maximum Gasteiger partial charge on any atom is 0.387 e. The molecule has 0 aliphatic heterocycles. The third-order valence-corrected chi connectivity index (χ3v) is 2.52. The number of amides is 1. The van der Waals surface area contributed by atoms with Crippen LogP contribution in [0.15, 0.2) is 48.5 Å². The van der Waals surface area contributed by atoms with Gasteiger partial charge in [0.05, 0.1) is 5.69 Å². The van der Waals surface area contributed by atoms with Gasteiger partial charge in [0.1, 0.15) is 5.75 Å². The van der Waals surface area contributed by atoms with Crippen molar-refractivity contribution in [3.8, 4) is 5.75 Å². The third kappa shape index (κ3) is 3.44. The van der Waals surface area contributed by atoms with Gasteiger partial charge in [-0.05, 0) is 36.4 Å². The van der Waals surface area contributed by atoms with E-state index in [0.717, 1.165) is 0 Å². The van der Waals surface area contributed by atoms with E-state index in [1.807, 2.05) is 0 Å². The molecule has 6 heteroatoms. The van der Waals surface area contributed by atoms with Crippen molar-refractivity contribution in [1.29, 1.82) is 0 Å². The molecule has 0 saturated heterocycles. The summed E-state index contributed by atoms with van der Waals surface area (Å²) in [7, 11) is 0. The Bertz CT molecular complexity index is 600. The standard InChI is InChI=1S/C14H12F2N2O2/c15-14(16)20-12-4-2-1-3-11(12)18-13(19)9-5-7-10(17)8-6-9/h1-8,14H,17H2,(H,18,19). The summed E-state index contributed by atoms with van der Waals surface area (Å²) in [4.78, 5) is 12.0. The summed E-state index contributed by atoms with van der Waals surface area (Å²) in [5.74, 6) is -0.526. The van der Waals surface area contributed by atoms with Crippen molar-refractivity contribution < 1.29 is 18.3 Å². The first-order valence-corrected chi connectivity index (χ1v) is 5.77. The zero-order valence-electron chi connectivity index (χ0n) is 10.3. The van der Waals surface area contributed by atoms with Crippen molar-refractivity contribution in [2.45, 2.75) is 6.61 Å². The van der Waals surface area contributed by atoms with Crippen LogP contribution in [-0.2, 0) is 0 Å². The number of anilines is 2. The summed E-state index contributed by atoms with van der Waals surface area (Å²) >= 11 is 0. The van der Waals surface area contributed by atoms with Gasteiger partial charge in [0.25, 0.3) is 5.91 Å². The van der Waals surface area contributed by atoms with Crippen molar-refractivity contribution in [3.05, 3.63) is 54.1 Å². The first-order chi connectivity index (χ1) is 9.56. The molecule has 0 atom stereocenters. The van der Waals surface area contributed by atoms with Gasteiger partial charge in [0.15, 0.2) is 0 Å². The van der Waals surface area contributed by atoms with Crippen LogP contribution in [0.5, 0.6) is 5.75 Å². The number of benzene rings is 2. The zero-order valence-corrected chi connectivity index (χ0v) is 10.3. The van der Waals surface area contributed by atoms with Crippen molar-refractivity contribution in [3.63, 3.8) is 0 Å². The molecule has 0 aliphatic rings. The van der Waals surface area contributed by atoms with E-state index < -0.39 is 12.5 Å². The number of hydrogen-bond donors (Lipinski definition) is 2. The number of nitrogens with two attached hydrogens (primary N) is 1. The van der Waals surface area contributed by atoms with Gasteiger partial charge in [0.2, 0.25) is 0 Å². The maximum absolute atomic E-state index is 12.3. The Morgan fingerprint density at radius 2 is 1.75 bits per heavy atom. The Labute approximate surface area is 114 Å². The summed E-state index contributed by atoms with van der Waals surface area (Å²) < 4.78 is 28.8. The molecule has 2 rings (SSSR count). The fourth-order valence-corrected chi connectivity index (χ4v) is 1.60. The van der Waals surface area contributed by atoms with E-state index in [-0.39, 0.29) is 11.4 Å². The quantitative estimate of drug-likeness (QED) is 0.844. The monoisotopic (exact) mass is 278 g/mol. The van der Waals surface area contributed by atoms with E-state index in [4.69, 9.17) is 5.73 Å². The molecular formula is C14H12F2N2O2. The molecule has 0 aromatic heterocycles. The normalized spacial score (nSPS) is 10.3. The Balaban J connectivity index is 2.17. The number of alkyl halides is 2. The number of nitrogen functional groups attached to an aromatic ring is 1. The number of nitrogens with one attached hydrogen (secondary N) is 1. The Morgan fingerprint density at radius 3 is 2.40 bits per heavy atom. The van der Waals surface area contributed by atoms with Crippen LogP contribution in [0.2, 0.25) is 0 Å². The topological polar surface area (TPSA) is 64.4 Å². The highest BCUT2D eigenvalue weighted by Gasteiger charge is 2.12. The summed E-state index contributed by atoms with van der Waals surface area (Å²) in [6.45, 7) is -2.95. The number of halogens is 2. The lowest BCUT2D eigenvalue weighted by molar-refractivity contribution is -0.0493. The van der Waals surface area contributed by atoms with Gasteiger partial charge in [-0.2, -0.15) is 8.78 Å². The van der Waals surface area contributed by atoms with E-state index in [2.05, 4.69) is 10.1 Å². The van der Waals surface area contributed by atoms with Crippen molar-refractivity contribution in [2.75, 3.05) is 11.1 Å². The second-order valence-corrected chi connectivity index (χ2v) is 3.95. The van der Waals surface area contributed by atoms with Gasteiger partial charge in [-0.15, -0.1) is 0 Å². The molecule has 2 aromatic carbocycles. The third-order valence-electron chi connectivity index (χ3n) is 2.52. The SMILES string of the molecule is Nc1ccc(C(=O)Nc2ccccc2OC(F)F)cc1. The molecule has 2 aromatic rings. The predicted molar refractivity (Wildman–Crippen MR) is 71.9 cm³/mol. The lowest BCUT2D eigenvalue weighted by Crippen LogP contribution is -2.13. The van der Waals surface area contributed by atoms with Crippen LogP contribution in [0.25, 0.3) is 0 Å². The maximum atomic E-state index is 12.3. The molecule has 104 valence electrons. The van der Waals surface area contributed by atoms with Crippen LogP contribution < -0.4 is 15.8 Å². The van der Waals surface area contributed by atoms with E-state index in [0.29, 0.717) is 11.3 Å². The molecule has 0 radical (unpaired) electrons. The number of para-hydroxylation sites is 2. The first kappa shape index (κ1) is 13.8. The highest BCUT2D eigenvalue weighted by atomic mass is 19.3. The van der Waals surface area contributed by atoms with Gasteiger partial charge in [-0.3, -0.25) is 4.79 Å². The number of carbonyl (C=O) groups excluding carboxylic acids is 1. The molecule has 20 heavy (non-hydrogen) atoms. The first-order valence-electron chi connectivity index (χ1n) is 5.77. The number of ether oxygens (including phenoxy) is 1. The molecule has 0 fully saturated rings. The lowest BCUT2D eigenvalue weighted by Gasteiger charge is -2.11. The lowest BCUT2D eigenvalue weighted by atomic mass is 10.2. The van der Waals surface area contributed by atoms with E-state index in [1.165, 1.54) is 18.2 Å². The molecule has 0 spiro atoms. The highest BCUT2D eigenvalue weighted by molar-refractivity contribution is 6.05. The summed E-state index contributed by atoms with van der Waals surface area (Å²) in [5.41, 5.74) is 6.60. The highest BCUT2D eigenvalue weighted by Crippen LogP contribution is 2.26. The Hall–Kier alpha value is -2.63. The van der Waals surface area contributed by atoms with Crippen LogP contribution in [0, 0.1) is 0 Å². The van der Waals surface area contributed by atoms with Gasteiger partial charge >= 0.3 is 6.61 Å². The average Bonchev–Trinajstić information content (AvgIpc) is 2.41. The fourth-order valence-electron chi connectivity index (χ4n) is 1.60. The second kappa shape index (κ2) is 6.01. The zero-order chi connectivity index (χ0) is 14.5. The summed E-state index contributed by atoms with van der Waals surface area (Å²) in [5, 5.41) is 2.51. The van der Waals surface area contributed by atoms with Crippen LogP contribution in [0.3, 0.4) is 0 Å². The molecule has 1 amide bonds. The number of hydrogen-bond acceptors (Lipinski definition) is 3. The molecule has 4 nitrogen and oxygen atoms in total. The van der Waals surface area contributed by atoms with Crippen LogP contribution in [0.4, 0.5) is 20.2 Å². The molecule has 0 aliphatic carbocycles. The van der Waals surface area contributed by atoms with Gasteiger partial charge in [-0.25, -0.2) is 0 Å². The van der Waals surface area contributed by atoms with Crippen LogP contribution in [-0.4, -0.2) is 12.5 Å². The Morgan fingerprint density at radius 1 is 1.10 bits per heavy atom. The van der Waals surface area contributed by atoms with Crippen LogP contribution in [0.1, 0.15) is 10.4 Å². The molecule has 3 N–H and O–H groups in total.